The Kier molecular flexibility index (Phi) is 1.89. The van der Waals surface area contributed by atoms with Gasteiger partial charge in [-0.05, 0) is 5.56 Å². The second-order valence-electron chi connectivity index (χ2n) is 6.04. The minimum atomic E-state index is -1.03. The predicted molar refractivity (Wildman–Crippen MR) is 65.4 cm³/mol. The third-order valence-electron chi connectivity index (χ3n) is 5.17. The van der Waals surface area contributed by atoms with Crippen molar-refractivity contribution in [3.8, 4) is 0 Å². The molecule has 4 unspecified atom stereocenters. The van der Waals surface area contributed by atoms with Gasteiger partial charge in [-0.25, -0.2) is 0 Å². The Balaban J connectivity index is 1.84. The van der Waals surface area contributed by atoms with Crippen molar-refractivity contribution in [1.29, 1.82) is 0 Å². The maximum Gasteiger partial charge on any atom is 0.229 e. The van der Waals surface area contributed by atoms with Crippen molar-refractivity contribution in [2.45, 2.75) is 42.7 Å². The number of rotatable bonds is 1. The van der Waals surface area contributed by atoms with Crippen LogP contribution >= 0.6 is 0 Å². The Hall–Kier alpha value is -1.27. The number of carbonyl (C=O) groups is 1. The van der Waals surface area contributed by atoms with Gasteiger partial charge in [-0.15, -0.1) is 0 Å². The molecule has 2 spiro atoms. The van der Waals surface area contributed by atoms with E-state index in [0.29, 0.717) is 18.4 Å². The molecule has 1 aromatic carbocycles. The van der Waals surface area contributed by atoms with E-state index in [1.54, 1.807) is 0 Å². The average molecular weight is 274 g/mol. The first kappa shape index (κ1) is 11.4. The molecule has 0 amide bonds. The number of benzene rings is 1. The zero-order valence-electron chi connectivity index (χ0n) is 10.7. The molecule has 104 valence electrons. The van der Waals surface area contributed by atoms with Crippen LogP contribution in [0.25, 0.3) is 0 Å². The van der Waals surface area contributed by atoms with Crippen molar-refractivity contribution in [2.24, 2.45) is 5.92 Å². The SMILES string of the molecule is O=CC1C(O)c2ccccc2[C@]23OC4C[C@H](OC12C4)O3. The van der Waals surface area contributed by atoms with Gasteiger partial charge in [0.25, 0.3) is 0 Å². The standard InChI is InChI=1S/C15H14O5/c16-7-11-13(17)9-3-1-2-4-10(9)15-14(11)6-8(18-15)5-12(19-14)20-15/h1-4,7-8,11-13,17H,5-6H2/t8?,11?,12-,13?,14?,15-/m1/s1. The van der Waals surface area contributed by atoms with E-state index in [1.807, 2.05) is 24.3 Å². The number of hydrogen-bond acceptors (Lipinski definition) is 5. The van der Waals surface area contributed by atoms with Crippen LogP contribution in [0.4, 0.5) is 0 Å². The van der Waals surface area contributed by atoms with E-state index in [4.69, 9.17) is 14.2 Å². The summed E-state index contributed by atoms with van der Waals surface area (Å²) in [4.78, 5) is 11.6. The fourth-order valence-electron chi connectivity index (χ4n) is 4.46. The normalized spacial score (nSPS) is 50.9. The quantitative estimate of drug-likeness (QED) is 0.774. The number of hydrogen-bond donors (Lipinski definition) is 1. The van der Waals surface area contributed by atoms with E-state index in [-0.39, 0.29) is 12.4 Å². The number of ether oxygens (including phenoxy) is 3. The molecule has 4 bridgehead atoms. The van der Waals surface area contributed by atoms with E-state index in [2.05, 4.69) is 0 Å². The molecule has 5 aliphatic rings. The molecule has 5 nitrogen and oxygen atoms in total. The first-order valence-corrected chi connectivity index (χ1v) is 6.96. The third-order valence-corrected chi connectivity index (χ3v) is 5.17. The number of aliphatic hydroxyl groups excluding tert-OH is 1. The molecular weight excluding hydrogens is 260 g/mol. The maximum atomic E-state index is 11.6. The molecule has 0 saturated carbocycles. The highest BCUT2D eigenvalue weighted by atomic mass is 16.9. The van der Waals surface area contributed by atoms with Gasteiger partial charge in [0.1, 0.15) is 11.9 Å². The highest BCUT2D eigenvalue weighted by Crippen LogP contribution is 2.67. The molecule has 4 saturated heterocycles. The zero-order chi connectivity index (χ0) is 13.5. The zero-order valence-corrected chi connectivity index (χ0v) is 10.7. The number of aldehydes is 1. The average Bonchev–Trinajstić information content (AvgIpc) is 2.81. The summed E-state index contributed by atoms with van der Waals surface area (Å²) in [5, 5.41) is 10.6. The largest absolute Gasteiger partial charge is 0.388 e. The molecule has 6 rings (SSSR count). The Morgan fingerprint density at radius 3 is 2.90 bits per heavy atom. The smallest absolute Gasteiger partial charge is 0.229 e. The van der Waals surface area contributed by atoms with Crippen LogP contribution in [0.15, 0.2) is 24.3 Å². The third kappa shape index (κ3) is 0.988. The van der Waals surface area contributed by atoms with Gasteiger partial charge in [-0.3, -0.25) is 0 Å². The van der Waals surface area contributed by atoms with Crippen molar-refractivity contribution < 1.29 is 24.1 Å². The molecule has 0 radical (unpaired) electrons. The number of fused-ring (bicyclic) bond motifs is 1. The van der Waals surface area contributed by atoms with Gasteiger partial charge >= 0.3 is 0 Å². The van der Waals surface area contributed by atoms with Crippen LogP contribution in [-0.4, -0.2) is 29.4 Å². The summed E-state index contributed by atoms with van der Waals surface area (Å²) >= 11 is 0. The Labute approximate surface area is 115 Å². The summed E-state index contributed by atoms with van der Waals surface area (Å²) in [7, 11) is 0. The predicted octanol–water partition coefficient (Wildman–Crippen LogP) is 1.01. The van der Waals surface area contributed by atoms with Crippen molar-refractivity contribution in [3.63, 3.8) is 0 Å². The van der Waals surface area contributed by atoms with Gasteiger partial charge in [-0.2, -0.15) is 0 Å². The second kappa shape index (κ2) is 3.31. The highest BCUT2D eigenvalue weighted by molar-refractivity contribution is 5.62. The minimum absolute atomic E-state index is 0.0308. The Morgan fingerprint density at radius 1 is 1.25 bits per heavy atom. The lowest BCUT2D eigenvalue weighted by Crippen LogP contribution is -2.57. The number of carbonyl (C=O) groups excluding carboxylic acids is 1. The van der Waals surface area contributed by atoms with E-state index in [9.17, 15) is 9.90 Å². The molecule has 1 N–H and O–H groups in total. The summed E-state index contributed by atoms with van der Waals surface area (Å²) < 4.78 is 18.2. The summed E-state index contributed by atoms with van der Waals surface area (Å²) in [6.07, 6.45) is 0.885. The molecule has 4 aliphatic heterocycles. The Morgan fingerprint density at radius 2 is 2.10 bits per heavy atom. The van der Waals surface area contributed by atoms with Crippen LogP contribution < -0.4 is 0 Å². The van der Waals surface area contributed by atoms with Crippen LogP contribution in [0.3, 0.4) is 0 Å². The minimum Gasteiger partial charge on any atom is -0.388 e. The van der Waals surface area contributed by atoms with Crippen molar-refractivity contribution in [1.82, 2.24) is 0 Å². The second-order valence-corrected chi connectivity index (χ2v) is 6.04. The van der Waals surface area contributed by atoms with E-state index in [0.717, 1.165) is 11.8 Å². The molecule has 1 aliphatic carbocycles. The van der Waals surface area contributed by atoms with Crippen LogP contribution in [-0.2, 0) is 24.8 Å². The Bertz CT molecular complexity index is 598. The van der Waals surface area contributed by atoms with Gasteiger partial charge in [0.05, 0.1) is 18.1 Å². The van der Waals surface area contributed by atoms with Crippen molar-refractivity contribution in [2.75, 3.05) is 0 Å². The van der Waals surface area contributed by atoms with Crippen LogP contribution in [0, 0.1) is 5.92 Å². The summed E-state index contributed by atoms with van der Waals surface area (Å²) in [6, 6.07) is 7.46. The molecular formula is C15H14O5. The summed E-state index contributed by atoms with van der Waals surface area (Å²) in [5.41, 5.74) is 0.623. The van der Waals surface area contributed by atoms with Gasteiger partial charge in [0.2, 0.25) is 5.79 Å². The molecule has 1 aromatic rings. The fraction of sp³-hybridized carbons (Fsp3) is 0.533. The van der Waals surface area contributed by atoms with Gasteiger partial charge in [0.15, 0.2) is 6.29 Å². The van der Waals surface area contributed by atoms with Crippen LogP contribution in [0.1, 0.15) is 30.1 Å². The lowest BCUT2D eigenvalue weighted by Gasteiger charge is -2.46. The first-order valence-electron chi connectivity index (χ1n) is 6.96. The molecule has 20 heavy (non-hydrogen) atoms. The lowest BCUT2D eigenvalue weighted by atomic mass is 9.66. The van der Waals surface area contributed by atoms with Crippen LogP contribution in [0.5, 0.6) is 0 Å². The van der Waals surface area contributed by atoms with E-state index < -0.39 is 23.4 Å². The topological polar surface area (TPSA) is 65.0 Å². The molecule has 5 heteroatoms. The highest BCUT2D eigenvalue weighted by Gasteiger charge is 2.78. The van der Waals surface area contributed by atoms with E-state index in [1.165, 1.54) is 0 Å². The fourth-order valence-corrected chi connectivity index (χ4v) is 4.46. The summed E-state index contributed by atoms with van der Waals surface area (Å²) in [6.45, 7) is 0. The summed E-state index contributed by atoms with van der Waals surface area (Å²) in [5.74, 6) is -1.69. The molecule has 0 aromatic heterocycles. The lowest BCUT2D eigenvalue weighted by molar-refractivity contribution is -0.287. The van der Waals surface area contributed by atoms with E-state index >= 15 is 0 Å². The van der Waals surface area contributed by atoms with Gasteiger partial charge in [0, 0.05) is 18.4 Å². The van der Waals surface area contributed by atoms with Crippen molar-refractivity contribution in [3.05, 3.63) is 35.4 Å². The molecule has 6 atom stereocenters. The van der Waals surface area contributed by atoms with Crippen LogP contribution in [0.2, 0.25) is 0 Å². The van der Waals surface area contributed by atoms with Crippen molar-refractivity contribution >= 4 is 6.29 Å². The maximum absolute atomic E-state index is 11.6. The monoisotopic (exact) mass is 274 g/mol. The van der Waals surface area contributed by atoms with Gasteiger partial charge < -0.3 is 24.1 Å². The number of aliphatic hydroxyl groups is 1. The van der Waals surface area contributed by atoms with Gasteiger partial charge in [-0.1, -0.05) is 24.3 Å². The molecule has 4 heterocycles. The first-order chi connectivity index (χ1) is 9.70. The molecule has 4 fully saturated rings.